The van der Waals surface area contributed by atoms with E-state index in [1.54, 1.807) is 12.1 Å². The van der Waals surface area contributed by atoms with Gasteiger partial charge in [0, 0.05) is 29.7 Å². The number of nitrogens with one attached hydrogen (secondary N) is 1. The molecule has 2 unspecified atom stereocenters. The second-order valence-corrected chi connectivity index (χ2v) is 7.78. The van der Waals surface area contributed by atoms with Gasteiger partial charge in [-0.15, -0.1) is 0 Å². The Morgan fingerprint density at radius 1 is 1.20 bits per heavy atom. The summed E-state index contributed by atoms with van der Waals surface area (Å²) >= 11 is 0. The van der Waals surface area contributed by atoms with Crippen LogP contribution in [0.1, 0.15) is 40.3 Å². The van der Waals surface area contributed by atoms with Crippen molar-refractivity contribution in [2.75, 3.05) is 13.2 Å². The molecule has 0 radical (unpaired) electrons. The number of benzene rings is 1. The van der Waals surface area contributed by atoms with Crippen molar-refractivity contribution in [1.29, 1.82) is 0 Å². The molecule has 6 heteroatoms. The Balaban J connectivity index is 1.49. The lowest BCUT2D eigenvalue weighted by Crippen LogP contribution is -2.31. The Labute approximate surface area is 150 Å². The molecule has 0 spiro atoms. The van der Waals surface area contributed by atoms with E-state index >= 15 is 0 Å². The third-order valence-electron chi connectivity index (χ3n) is 4.15. The topological polar surface area (TPSA) is 68.5 Å². The summed E-state index contributed by atoms with van der Waals surface area (Å²) in [5.41, 5.74) is 2.21. The van der Waals surface area contributed by atoms with E-state index in [1.165, 1.54) is 5.56 Å². The number of furan rings is 1. The van der Waals surface area contributed by atoms with Crippen molar-refractivity contribution in [1.82, 2.24) is 5.32 Å². The van der Waals surface area contributed by atoms with Gasteiger partial charge in [-0.05, 0) is 37.5 Å². The van der Waals surface area contributed by atoms with Crippen molar-refractivity contribution >= 4 is 16.7 Å². The second kappa shape index (κ2) is 8.45. The second-order valence-electron chi connectivity index (χ2n) is 6.33. The van der Waals surface area contributed by atoms with Crippen molar-refractivity contribution in [2.45, 2.75) is 37.4 Å². The highest BCUT2D eigenvalue weighted by atomic mass is 32.2. The third-order valence-corrected chi connectivity index (χ3v) is 5.41. The van der Waals surface area contributed by atoms with Gasteiger partial charge >= 0.3 is 0 Å². The number of carbonyl (C=O) groups is 1. The third kappa shape index (κ3) is 5.28. The van der Waals surface area contributed by atoms with Gasteiger partial charge in [-0.2, -0.15) is 0 Å². The van der Waals surface area contributed by atoms with E-state index in [9.17, 15) is 9.00 Å². The molecule has 2 heterocycles. The highest BCUT2D eigenvalue weighted by Crippen LogP contribution is 2.14. The van der Waals surface area contributed by atoms with Crippen LogP contribution in [0.25, 0.3) is 0 Å². The summed E-state index contributed by atoms with van der Waals surface area (Å²) in [6.07, 6.45) is 2.11. The maximum absolute atomic E-state index is 12.3. The fourth-order valence-corrected chi connectivity index (χ4v) is 3.90. The molecule has 0 aliphatic carbocycles. The summed E-state index contributed by atoms with van der Waals surface area (Å²) < 4.78 is 23.3. The van der Waals surface area contributed by atoms with Crippen LogP contribution < -0.4 is 5.32 Å². The Hall–Kier alpha value is -1.92. The molecule has 1 aliphatic heterocycles. The molecule has 134 valence electrons. The minimum Gasteiger partial charge on any atom is -0.455 e. The monoisotopic (exact) mass is 361 g/mol. The molecule has 0 saturated carbocycles. The first kappa shape index (κ1) is 17.9. The molecule has 1 aromatic carbocycles. The molecule has 2 aromatic rings. The summed E-state index contributed by atoms with van der Waals surface area (Å²) in [5, 5.41) is 2.82. The van der Waals surface area contributed by atoms with Gasteiger partial charge in [-0.1, -0.05) is 29.8 Å². The van der Waals surface area contributed by atoms with E-state index in [-0.39, 0.29) is 17.8 Å². The van der Waals surface area contributed by atoms with Crippen LogP contribution in [0.4, 0.5) is 0 Å². The summed E-state index contributed by atoms with van der Waals surface area (Å²) in [4.78, 5) is 12.1. The van der Waals surface area contributed by atoms with Crippen molar-refractivity contribution in [3.05, 3.63) is 59.0 Å². The van der Waals surface area contributed by atoms with Crippen LogP contribution in [0.2, 0.25) is 0 Å². The average Bonchev–Trinajstić information content (AvgIpc) is 3.26. The van der Waals surface area contributed by atoms with E-state index in [0.717, 1.165) is 25.0 Å². The van der Waals surface area contributed by atoms with Gasteiger partial charge in [0.05, 0.1) is 11.9 Å². The number of hydrogen-bond acceptors (Lipinski definition) is 4. The van der Waals surface area contributed by atoms with Gasteiger partial charge in [0.2, 0.25) is 0 Å². The maximum atomic E-state index is 12.3. The molecule has 1 aromatic heterocycles. The Morgan fingerprint density at radius 2 is 2.00 bits per heavy atom. The first-order valence-electron chi connectivity index (χ1n) is 8.49. The van der Waals surface area contributed by atoms with Crippen LogP contribution in [0.3, 0.4) is 0 Å². The van der Waals surface area contributed by atoms with Crippen LogP contribution >= 0.6 is 0 Å². The number of ether oxygens (including phenoxy) is 1. The van der Waals surface area contributed by atoms with Gasteiger partial charge in [0.15, 0.2) is 5.76 Å². The fraction of sp³-hybridized carbons (Fsp3) is 0.421. The molecule has 1 amide bonds. The number of hydrogen-bond donors (Lipinski definition) is 1. The molecule has 5 nitrogen and oxygen atoms in total. The van der Waals surface area contributed by atoms with Crippen LogP contribution in [-0.2, 0) is 27.0 Å². The normalized spacial score (nSPS) is 18.2. The number of rotatable bonds is 7. The lowest BCUT2D eigenvalue weighted by atomic mass is 10.2. The van der Waals surface area contributed by atoms with E-state index in [4.69, 9.17) is 9.15 Å². The molecular weight excluding hydrogens is 338 g/mol. The Kier molecular flexibility index (Phi) is 6.04. The van der Waals surface area contributed by atoms with E-state index in [2.05, 4.69) is 5.32 Å². The molecule has 2 atom stereocenters. The molecule has 1 aliphatic rings. The summed E-state index contributed by atoms with van der Waals surface area (Å²) in [7, 11) is -1.08. The predicted octanol–water partition coefficient (Wildman–Crippen LogP) is 2.95. The minimum atomic E-state index is -1.08. The molecular formula is C19H23NO4S. The van der Waals surface area contributed by atoms with Crippen molar-refractivity contribution in [3.63, 3.8) is 0 Å². The van der Waals surface area contributed by atoms with Gasteiger partial charge in [-0.3, -0.25) is 9.00 Å². The van der Waals surface area contributed by atoms with Crippen LogP contribution in [-0.4, -0.2) is 29.4 Å². The number of aryl methyl sites for hydroxylation is 1. The maximum Gasteiger partial charge on any atom is 0.287 e. The molecule has 3 rings (SSSR count). The van der Waals surface area contributed by atoms with Crippen molar-refractivity contribution < 1.29 is 18.2 Å². The zero-order chi connectivity index (χ0) is 17.6. The quantitative estimate of drug-likeness (QED) is 0.823. The molecule has 0 bridgehead atoms. The smallest absolute Gasteiger partial charge is 0.287 e. The standard InChI is InChI=1S/C19H23NO4S/c1-14-4-6-15(7-5-14)12-25(22)13-17-8-9-18(24-17)19(21)20-11-16-3-2-10-23-16/h4-9,16H,2-3,10-13H2,1H3,(H,20,21). The summed E-state index contributed by atoms with van der Waals surface area (Å²) in [6.45, 7) is 3.28. The van der Waals surface area contributed by atoms with Crippen molar-refractivity contribution in [3.8, 4) is 0 Å². The molecule has 25 heavy (non-hydrogen) atoms. The SMILES string of the molecule is Cc1ccc(CS(=O)Cc2ccc(C(=O)NCC3CCCO3)o2)cc1. The minimum absolute atomic E-state index is 0.0976. The van der Waals surface area contributed by atoms with E-state index in [0.29, 0.717) is 23.8 Å². The lowest BCUT2D eigenvalue weighted by molar-refractivity contribution is 0.0834. The van der Waals surface area contributed by atoms with Crippen molar-refractivity contribution in [2.24, 2.45) is 0 Å². The summed E-state index contributed by atoms with van der Waals surface area (Å²) in [6, 6.07) is 11.3. The van der Waals surface area contributed by atoms with Gasteiger partial charge < -0.3 is 14.5 Å². The Morgan fingerprint density at radius 3 is 2.72 bits per heavy atom. The van der Waals surface area contributed by atoms with E-state index < -0.39 is 10.8 Å². The average molecular weight is 361 g/mol. The van der Waals surface area contributed by atoms with Gasteiger partial charge in [0.25, 0.3) is 5.91 Å². The number of carbonyl (C=O) groups excluding carboxylic acids is 1. The molecule has 1 saturated heterocycles. The highest BCUT2D eigenvalue weighted by molar-refractivity contribution is 7.83. The zero-order valence-corrected chi connectivity index (χ0v) is 15.1. The van der Waals surface area contributed by atoms with Crippen LogP contribution in [0, 0.1) is 6.92 Å². The van der Waals surface area contributed by atoms with E-state index in [1.807, 2.05) is 31.2 Å². The molecule has 1 N–H and O–H groups in total. The first-order valence-corrected chi connectivity index (χ1v) is 9.98. The Bertz CT molecular complexity index is 732. The van der Waals surface area contributed by atoms with Crippen LogP contribution in [0.15, 0.2) is 40.8 Å². The summed E-state index contributed by atoms with van der Waals surface area (Å²) in [5.74, 6) is 1.33. The highest BCUT2D eigenvalue weighted by Gasteiger charge is 2.18. The van der Waals surface area contributed by atoms with Gasteiger partial charge in [-0.25, -0.2) is 0 Å². The zero-order valence-electron chi connectivity index (χ0n) is 14.3. The largest absolute Gasteiger partial charge is 0.455 e. The van der Waals surface area contributed by atoms with Crippen LogP contribution in [0.5, 0.6) is 0 Å². The number of amides is 1. The predicted molar refractivity (Wildman–Crippen MR) is 96.7 cm³/mol. The van der Waals surface area contributed by atoms with Gasteiger partial charge in [0.1, 0.15) is 5.76 Å². The molecule has 1 fully saturated rings. The first-order chi connectivity index (χ1) is 12.1. The fourth-order valence-electron chi connectivity index (χ4n) is 2.76. The lowest BCUT2D eigenvalue weighted by Gasteiger charge is -2.09.